The summed E-state index contributed by atoms with van der Waals surface area (Å²) >= 11 is 0. The highest BCUT2D eigenvalue weighted by Crippen LogP contribution is 2.19. The standard InChI is InChI=1S/C38H77/c1-4-6-8-10-12-14-16-18-20-21-22-23-25-27-29-31-33-35-37-38(3)36-34-32-30-28-26-24-19-17-15-13-11-9-7-5-2/h38H,3-37H2,1-2H3. The number of unbranched alkanes of at least 4 members (excludes halogenated alkanes) is 30. The van der Waals surface area contributed by atoms with Crippen molar-refractivity contribution in [3.8, 4) is 0 Å². The quantitative estimate of drug-likeness (QED) is 0.0721. The monoisotopic (exact) mass is 534 g/mol. The van der Waals surface area contributed by atoms with Crippen molar-refractivity contribution < 1.29 is 0 Å². The molecule has 1 unspecified atom stereocenters. The van der Waals surface area contributed by atoms with Crippen molar-refractivity contribution in [1.29, 1.82) is 0 Å². The van der Waals surface area contributed by atoms with E-state index in [1.54, 1.807) is 0 Å². The van der Waals surface area contributed by atoms with E-state index in [0.717, 1.165) is 0 Å². The zero-order valence-corrected chi connectivity index (χ0v) is 27.3. The van der Waals surface area contributed by atoms with E-state index in [4.69, 9.17) is 0 Å². The molecule has 0 heterocycles. The van der Waals surface area contributed by atoms with Gasteiger partial charge in [-0.15, -0.1) is 0 Å². The van der Waals surface area contributed by atoms with E-state index < -0.39 is 0 Å². The van der Waals surface area contributed by atoms with Gasteiger partial charge in [0.05, 0.1) is 0 Å². The molecule has 0 fully saturated rings. The maximum Gasteiger partial charge on any atom is -0.0414 e. The van der Waals surface area contributed by atoms with Gasteiger partial charge in [0.1, 0.15) is 0 Å². The van der Waals surface area contributed by atoms with E-state index in [-0.39, 0.29) is 0 Å². The minimum atomic E-state index is 0.716. The van der Waals surface area contributed by atoms with Gasteiger partial charge in [0, 0.05) is 0 Å². The molecule has 0 N–H and O–H groups in total. The molecule has 0 heteroatoms. The first-order valence-electron chi connectivity index (χ1n) is 18.6. The molecule has 0 saturated carbocycles. The van der Waals surface area contributed by atoms with Crippen molar-refractivity contribution in [3.63, 3.8) is 0 Å². The Labute approximate surface area is 244 Å². The third-order valence-corrected chi connectivity index (χ3v) is 8.93. The lowest BCUT2D eigenvalue weighted by Crippen LogP contribution is -1.95. The summed E-state index contributed by atoms with van der Waals surface area (Å²) in [6, 6.07) is 0. The van der Waals surface area contributed by atoms with Crippen molar-refractivity contribution in [2.45, 2.75) is 232 Å². The highest BCUT2D eigenvalue weighted by Gasteiger charge is 2.03. The minimum Gasteiger partial charge on any atom is -0.0654 e. The van der Waals surface area contributed by atoms with Gasteiger partial charge in [-0.05, 0) is 5.92 Å². The van der Waals surface area contributed by atoms with Crippen molar-refractivity contribution in [1.82, 2.24) is 0 Å². The molecule has 0 saturated heterocycles. The second kappa shape index (κ2) is 35.0. The van der Waals surface area contributed by atoms with E-state index in [1.807, 2.05) is 0 Å². The smallest absolute Gasteiger partial charge is 0.0414 e. The van der Waals surface area contributed by atoms with E-state index >= 15 is 0 Å². The van der Waals surface area contributed by atoms with Crippen molar-refractivity contribution in [2.24, 2.45) is 5.92 Å². The molecule has 0 amide bonds. The molecule has 0 spiro atoms. The van der Waals surface area contributed by atoms with Crippen molar-refractivity contribution >= 4 is 0 Å². The second-order valence-electron chi connectivity index (χ2n) is 13.0. The number of hydrogen-bond acceptors (Lipinski definition) is 0. The summed E-state index contributed by atoms with van der Waals surface area (Å²) in [5.74, 6) is 0.716. The van der Waals surface area contributed by atoms with Gasteiger partial charge in [-0.2, -0.15) is 0 Å². The van der Waals surface area contributed by atoms with Crippen LogP contribution in [-0.2, 0) is 0 Å². The van der Waals surface area contributed by atoms with Crippen LogP contribution >= 0.6 is 0 Å². The normalized spacial score (nSPS) is 12.4. The molecule has 0 aliphatic heterocycles. The molecular weight excluding hydrogens is 456 g/mol. The summed E-state index contributed by atoms with van der Waals surface area (Å²) in [5.41, 5.74) is 0. The largest absolute Gasteiger partial charge is 0.0654 e. The Kier molecular flexibility index (Phi) is 35.0. The molecule has 0 bridgehead atoms. The van der Waals surface area contributed by atoms with Crippen LogP contribution in [0.5, 0.6) is 0 Å². The summed E-state index contributed by atoms with van der Waals surface area (Å²) in [5, 5.41) is 0. The summed E-state index contributed by atoms with van der Waals surface area (Å²) in [6.45, 7) is 9.06. The lowest BCUT2D eigenvalue weighted by atomic mass is 9.95. The van der Waals surface area contributed by atoms with Crippen LogP contribution in [0.1, 0.15) is 232 Å². The van der Waals surface area contributed by atoms with Gasteiger partial charge < -0.3 is 0 Å². The molecule has 0 aliphatic rings. The average molecular weight is 534 g/mol. The van der Waals surface area contributed by atoms with E-state index in [1.165, 1.54) is 218 Å². The van der Waals surface area contributed by atoms with Gasteiger partial charge in [-0.1, -0.05) is 239 Å². The molecule has 38 heavy (non-hydrogen) atoms. The fourth-order valence-electron chi connectivity index (χ4n) is 6.11. The summed E-state index contributed by atoms with van der Waals surface area (Å²) < 4.78 is 0. The first kappa shape index (κ1) is 38.0. The third kappa shape index (κ3) is 34.0. The maximum absolute atomic E-state index is 4.45. The fraction of sp³-hybridized carbons (Fsp3) is 0.974. The molecule has 0 aromatic heterocycles. The Balaban J connectivity index is 3.13. The SMILES string of the molecule is [CH2]C(CCCCCCCCCCCCCCCC)CCCCCCCCCCCCCCCCCCCC. The van der Waals surface area contributed by atoms with Gasteiger partial charge in [-0.25, -0.2) is 0 Å². The Morgan fingerprint density at radius 1 is 0.263 bits per heavy atom. The van der Waals surface area contributed by atoms with E-state index in [9.17, 15) is 0 Å². The van der Waals surface area contributed by atoms with Crippen LogP contribution in [0, 0.1) is 12.8 Å². The van der Waals surface area contributed by atoms with Crippen molar-refractivity contribution in [3.05, 3.63) is 6.92 Å². The van der Waals surface area contributed by atoms with Gasteiger partial charge in [0.2, 0.25) is 0 Å². The summed E-state index contributed by atoms with van der Waals surface area (Å²) in [4.78, 5) is 0. The number of rotatable bonds is 34. The van der Waals surface area contributed by atoms with E-state index in [2.05, 4.69) is 20.8 Å². The van der Waals surface area contributed by atoms with Gasteiger partial charge in [-0.3, -0.25) is 0 Å². The molecule has 0 rings (SSSR count). The first-order chi connectivity index (χ1) is 18.8. The third-order valence-electron chi connectivity index (χ3n) is 8.93. The maximum atomic E-state index is 4.45. The van der Waals surface area contributed by atoms with Crippen LogP contribution in [-0.4, -0.2) is 0 Å². The van der Waals surface area contributed by atoms with E-state index in [0.29, 0.717) is 5.92 Å². The van der Waals surface area contributed by atoms with Crippen LogP contribution in [0.15, 0.2) is 0 Å². The Morgan fingerprint density at radius 3 is 0.605 bits per heavy atom. The molecule has 229 valence electrons. The van der Waals surface area contributed by atoms with Crippen LogP contribution < -0.4 is 0 Å². The van der Waals surface area contributed by atoms with Crippen molar-refractivity contribution in [2.75, 3.05) is 0 Å². The van der Waals surface area contributed by atoms with Gasteiger partial charge in [0.25, 0.3) is 0 Å². The Hall–Kier alpha value is 0. The summed E-state index contributed by atoms with van der Waals surface area (Å²) in [6.07, 6.45) is 49.6. The lowest BCUT2D eigenvalue weighted by molar-refractivity contribution is 0.459. The van der Waals surface area contributed by atoms with Gasteiger partial charge >= 0.3 is 0 Å². The predicted octanol–water partition coefficient (Wildman–Crippen LogP) is 14.7. The minimum absolute atomic E-state index is 0.716. The fourth-order valence-corrected chi connectivity index (χ4v) is 6.11. The average Bonchev–Trinajstić information content (AvgIpc) is 2.92. The first-order valence-corrected chi connectivity index (χ1v) is 18.6. The highest BCUT2D eigenvalue weighted by molar-refractivity contribution is 4.62. The topological polar surface area (TPSA) is 0 Å². The zero-order valence-electron chi connectivity index (χ0n) is 27.3. The zero-order chi connectivity index (χ0) is 27.6. The Bertz CT molecular complexity index is 385. The molecule has 0 aromatic carbocycles. The molecule has 0 nitrogen and oxygen atoms in total. The molecule has 0 aliphatic carbocycles. The lowest BCUT2D eigenvalue weighted by Gasteiger charge is -2.11. The van der Waals surface area contributed by atoms with Crippen LogP contribution in [0.3, 0.4) is 0 Å². The van der Waals surface area contributed by atoms with Crippen LogP contribution in [0.25, 0.3) is 0 Å². The summed E-state index contributed by atoms with van der Waals surface area (Å²) in [7, 11) is 0. The second-order valence-corrected chi connectivity index (χ2v) is 13.0. The van der Waals surface area contributed by atoms with Crippen LogP contribution in [0.2, 0.25) is 0 Å². The van der Waals surface area contributed by atoms with Crippen LogP contribution in [0.4, 0.5) is 0 Å². The molecule has 1 radical (unpaired) electrons. The molecule has 1 atom stereocenters. The Morgan fingerprint density at radius 2 is 0.421 bits per heavy atom. The van der Waals surface area contributed by atoms with Gasteiger partial charge in [0.15, 0.2) is 0 Å². The number of hydrogen-bond donors (Lipinski definition) is 0. The molecule has 0 aromatic rings. The predicted molar refractivity (Wildman–Crippen MR) is 177 cm³/mol. The molecular formula is C38H77. The highest BCUT2D eigenvalue weighted by atomic mass is 14.1.